The number of carbonyl (C=O) groups is 3. The van der Waals surface area contributed by atoms with Gasteiger partial charge in [-0.2, -0.15) is 0 Å². The van der Waals surface area contributed by atoms with E-state index in [4.69, 9.17) is 9.47 Å². The van der Waals surface area contributed by atoms with Crippen LogP contribution >= 0.6 is 0 Å². The molecule has 0 aliphatic carbocycles. The second-order valence-electron chi connectivity index (χ2n) is 8.29. The predicted molar refractivity (Wildman–Crippen MR) is 116 cm³/mol. The van der Waals surface area contributed by atoms with Gasteiger partial charge in [0.25, 0.3) is 5.91 Å². The predicted octanol–water partition coefficient (Wildman–Crippen LogP) is 2.12. The molecular formula is C22H32N4O5. The Morgan fingerprint density at radius 3 is 2.74 bits per heavy atom. The van der Waals surface area contributed by atoms with E-state index in [0.717, 1.165) is 6.42 Å². The average Bonchev–Trinajstić information content (AvgIpc) is 2.70. The Morgan fingerprint density at radius 1 is 1.26 bits per heavy atom. The Labute approximate surface area is 182 Å². The molecule has 1 saturated heterocycles. The number of anilines is 1. The van der Waals surface area contributed by atoms with Crippen molar-refractivity contribution >= 4 is 23.5 Å². The van der Waals surface area contributed by atoms with E-state index in [9.17, 15) is 14.4 Å². The summed E-state index contributed by atoms with van der Waals surface area (Å²) in [5.74, 6) is 0.219. The second kappa shape index (κ2) is 10.00. The molecule has 170 valence electrons. The minimum absolute atomic E-state index is 0.000506. The fourth-order valence-electron chi connectivity index (χ4n) is 4.01. The molecule has 4 amide bonds. The third kappa shape index (κ3) is 5.66. The summed E-state index contributed by atoms with van der Waals surface area (Å²) in [6, 6.07) is 4.54. The maximum absolute atomic E-state index is 13.2. The molecule has 0 unspecified atom stereocenters. The summed E-state index contributed by atoms with van der Waals surface area (Å²) in [5.41, 5.74) is 0.911. The Morgan fingerprint density at radius 2 is 2.03 bits per heavy atom. The number of likely N-dealkylation sites (N-methyl/N-ethyl adjacent to an activating group) is 1. The molecule has 3 N–H and O–H groups in total. The van der Waals surface area contributed by atoms with Crippen LogP contribution in [0.15, 0.2) is 18.2 Å². The van der Waals surface area contributed by atoms with Gasteiger partial charge < -0.3 is 30.3 Å². The molecule has 0 aromatic heterocycles. The van der Waals surface area contributed by atoms with Crippen LogP contribution in [0.25, 0.3) is 0 Å². The van der Waals surface area contributed by atoms with Crippen molar-refractivity contribution in [3.8, 4) is 5.75 Å². The summed E-state index contributed by atoms with van der Waals surface area (Å²) in [6.45, 7) is 6.49. The highest BCUT2D eigenvalue weighted by Crippen LogP contribution is 2.32. The molecule has 0 spiro atoms. The van der Waals surface area contributed by atoms with Gasteiger partial charge in [0.15, 0.2) is 0 Å². The normalized spacial score (nSPS) is 23.1. The van der Waals surface area contributed by atoms with Gasteiger partial charge in [0.05, 0.1) is 24.1 Å². The monoisotopic (exact) mass is 432 g/mol. The Balaban J connectivity index is 1.73. The molecule has 9 heteroatoms. The number of carbonyl (C=O) groups excluding carboxylic acids is 3. The summed E-state index contributed by atoms with van der Waals surface area (Å²) in [7, 11) is 1.76. The van der Waals surface area contributed by atoms with E-state index < -0.39 is 0 Å². The quantitative estimate of drug-likeness (QED) is 0.660. The van der Waals surface area contributed by atoms with Gasteiger partial charge in [-0.25, -0.2) is 4.79 Å². The standard InChI is InChI=1S/C22H32N4O5/c1-5-23-20(27)11-15-7-8-17-19(31-15)12-30-18-9-6-14(25-22(29)24-13(2)3)10-16(18)21(28)26(17)4/h6,9-10,13,15,17,19H,5,7-8,11-12H2,1-4H3,(H,23,27)(H2,24,25,29)/t15-,17-,19+/m1/s1. The number of hydrogen-bond donors (Lipinski definition) is 3. The molecule has 1 fully saturated rings. The first-order chi connectivity index (χ1) is 14.8. The lowest BCUT2D eigenvalue weighted by molar-refractivity contribution is -0.133. The number of nitrogens with one attached hydrogen (secondary N) is 3. The fraction of sp³-hybridized carbons (Fsp3) is 0.591. The van der Waals surface area contributed by atoms with Crippen molar-refractivity contribution in [3.05, 3.63) is 23.8 Å². The Bertz CT molecular complexity index is 828. The number of nitrogens with zero attached hydrogens (tertiary/aromatic N) is 1. The smallest absolute Gasteiger partial charge is 0.319 e. The van der Waals surface area contributed by atoms with Gasteiger partial charge >= 0.3 is 6.03 Å². The molecule has 2 aliphatic rings. The average molecular weight is 433 g/mol. The zero-order valence-electron chi connectivity index (χ0n) is 18.6. The van der Waals surface area contributed by atoms with Crippen LogP contribution in [0, 0.1) is 0 Å². The van der Waals surface area contributed by atoms with Crippen molar-refractivity contribution in [2.45, 2.75) is 64.3 Å². The van der Waals surface area contributed by atoms with Gasteiger partial charge in [-0.1, -0.05) is 0 Å². The molecule has 9 nitrogen and oxygen atoms in total. The number of fused-ring (bicyclic) bond motifs is 2. The lowest BCUT2D eigenvalue weighted by Gasteiger charge is -2.42. The van der Waals surface area contributed by atoms with E-state index in [-0.39, 0.29) is 48.7 Å². The summed E-state index contributed by atoms with van der Waals surface area (Å²) in [6.07, 6.45) is 1.22. The molecule has 1 aromatic carbocycles. The van der Waals surface area contributed by atoms with Gasteiger partial charge in [0.1, 0.15) is 18.5 Å². The second-order valence-corrected chi connectivity index (χ2v) is 8.29. The number of ether oxygens (including phenoxy) is 2. The van der Waals surface area contributed by atoms with Crippen molar-refractivity contribution in [3.63, 3.8) is 0 Å². The molecule has 3 rings (SSSR count). The van der Waals surface area contributed by atoms with Crippen LogP contribution in [-0.4, -0.2) is 67.2 Å². The van der Waals surface area contributed by atoms with Gasteiger partial charge in [-0.05, 0) is 51.8 Å². The first-order valence-corrected chi connectivity index (χ1v) is 10.8. The number of hydrogen-bond acceptors (Lipinski definition) is 5. The van der Waals surface area contributed by atoms with Crippen LogP contribution in [0.1, 0.15) is 50.4 Å². The topological polar surface area (TPSA) is 109 Å². The van der Waals surface area contributed by atoms with Crippen LogP contribution in [0.5, 0.6) is 5.75 Å². The molecule has 1 aromatic rings. The molecule has 2 heterocycles. The van der Waals surface area contributed by atoms with Crippen molar-refractivity contribution in [1.82, 2.24) is 15.5 Å². The summed E-state index contributed by atoms with van der Waals surface area (Å²) in [5, 5.41) is 8.30. The molecule has 0 bridgehead atoms. The number of urea groups is 1. The summed E-state index contributed by atoms with van der Waals surface area (Å²) >= 11 is 0. The van der Waals surface area contributed by atoms with Crippen LogP contribution in [-0.2, 0) is 9.53 Å². The fourth-order valence-corrected chi connectivity index (χ4v) is 4.01. The van der Waals surface area contributed by atoms with Crippen molar-refractivity contribution in [2.24, 2.45) is 0 Å². The lowest BCUT2D eigenvalue weighted by atomic mass is 9.94. The maximum Gasteiger partial charge on any atom is 0.319 e. The summed E-state index contributed by atoms with van der Waals surface area (Å²) in [4.78, 5) is 38.8. The van der Waals surface area contributed by atoms with Gasteiger partial charge in [-0.15, -0.1) is 0 Å². The zero-order valence-corrected chi connectivity index (χ0v) is 18.6. The van der Waals surface area contributed by atoms with E-state index in [2.05, 4.69) is 16.0 Å². The first-order valence-electron chi connectivity index (χ1n) is 10.8. The van der Waals surface area contributed by atoms with Crippen LogP contribution in [0.4, 0.5) is 10.5 Å². The highest BCUT2D eigenvalue weighted by Gasteiger charge is 2.39. The first kappa shape index (κ1) is 22.9. The van der Waals surface area contributed by atoms with E-state index in [0.29, 0.717) is 36.4 Å². The van der Waals surface area contributed by atoms with Gasteiger partial charge in [0, 0.05) is 25.3 Å². The Hall–Kier alpha value is -2.81. The minimum Gasteiger partial charge on any atom is -0.490 e. The van der Waals surface area contributed by atoms with Crippen molar-refractivity contribution in [1.29, 1.82) is 0 Å². The van der Waals surface area contributed by atoms with Crippen LogP contribution in [0.3, 0.4) is 0 Å². The van der Waals surface area contributed by atoms with E-state index in [1.165, 1.54) is 0 Å². The lowest BCUT2D eigenvalue weighted by Crippen LogP contribution is -2.54. The van der Waals surface area contributed by atoms with Crippen LogP contribution < -0.4 is 20.7 Å². The third-order valence-corrected chi connectivity index (χ3v) is 5.48. The molecule has 31 heavy (non-hydrogen) atoms. The summed E-state index contributed by atoms with van der Waals surface area (Å²) < 4.78 is 12.1. The molecule has 2 aliphatic heterocycles. The van der Waals surface area contributed by atoms with E-state index >= 15 is 0 Å². The van der Waals surface area contributed by atoms with Crippen molar-refractivity contribution in [2.75, 3.05) is 25.5 Å². The number of benzene rings is 1. The highest BCUT2D eigenvalue weighted by atomic mass is 16.5. The number of rotatable bonds is 5. The van der Waals surface area contributed by atoms with Gasteiger partial charge in [-0.3, -0.25) is 9.59 Å². The third-order valence-electron chi connectivity index (χ3n) is 5.48. The highest BCUT2D eigenvalue weighted by molar-refractivity contribution is 5.99. The Kier molecular flexibility index (Phi) is 7.37. The number of amides is 4. The molecule has 0 saturated carbocycles. The molecular weight excluding hydrogens is 400 g/mol. The molecule has 3 atom stereocenters. The van der Waals surface area contributed by atoms with Crippen molar-refractivity contribution < 1.29 is 23.9 Å². The largest absolute Gasteiger partial charge is 0.490 e. The minimum atomic E-state index is -0.332. The maximum atomic E-state index is 13.2. The SMILES string of the molecule is CCNC(=O)C[C@H]1CC[C@@H]2[C@H](COc3ccc(NC(=O)NC(C)C)cc3C(=O)N2C)O1. The van der Waals surface area contributed by atoms with Crippen LogP contribution in [0.2, 0.25) is 0 Å². The van der Waals surface area contributed by atoms with E-state index in [1.807, 2.05) is 20.8 Å². The molecule has 0 radical (unpaired) electrons. The van der Waals surface area contributed by atoms with Gasteiger partial charge in [0.2, 0.25) is 5.91 Å². The zero-order chi connectivity index (χ0) is 22.5. The van der Waals surface area contributed by atoms with E-state index in [1.54, 1.807) is 30.1 Å².